The third-order valence-electron chi connectivity index (χ3n) is 3.65. The van der Waals surface area contributed by atoms with Gasteiger partial charge in [0, 0.05) is 38.3 Å². The second kappa shape index (κ2) is 5.64. The number of nitrogens with zero attached hydrogens (tertiary/aromatic N) is 1. The Balaban J connectivity index is 1.75. The summed E-state index contributed by atoms with van der Waals surface area (Å²) in [5, 5.41) is 4.33. The molecule has 0 bridgehead atoms. The summed E-state index contributed by atoms with van der Waals surface area (Å²) in [6.45, 7) is 2.99. The summed E-state index contributed by atoms with van der Waals surface area (Å²) in [5.41, 5.74) is 1.60. The number of hydrogen-bond acceptors (Lipinski definition) is 3. The van der Waals surface area contributed by atoms with Crippen LogP contribution < -0.4 is 5.32 Å². The molecule has 1 fully saturated rings. The van der Waals surface area contributed by atoms with Gasteiger partial charge < -0.3 is 19.9 Å². The summed E-state index contributed by atoms with van der Waals surface area (Å²) in [4.78, 5) is 17.4. The van der Waals surface area contributed by atoms with Gasteiger partial charge in [-0.1, -0.05) is 12.1 Å². The van der Waals surface area contributed by atoms with Crippen molar-refractivity contribution < 1.29 is 9.53 Å². The Labute approximate surface area is 117 Å². The van der Waals surface area contributed by atoms with Gasteiger partial charge in [-0.15, -0.1) is 0 Å². The van der Waals surface area contributed by atoms with E-state index < -0.39 is 0 Å². The van der Waals surface area contributed by atoms with Crippen molar-refractivity contribution in [1.29, 1.82) is 0 Å². The van der Waals surface area contributed by atoms with Crippen LogP contribution in [-0.2, 0) is 4.74 Å². The molecule has 0 radical (unpaired) electrons. The van der Waals surface area contributed by atoms with Crippen LogP contribution in [0, 0.1) is 0 Å². The number of para-hydroxylation sites is 1. The van der Waals surface area contributed by atoms with Gasteiger partial charge in [0.1, 0.15) is 0 Å². The third kappa shape index (κ3) is 2.55. The first-order valence-corrected chi connectivity index (χ1v) is 6.89. The van der Waals surface area contributed by atoms with Crippen molar-refractivity contribution in [3.05, 3.63) is 36.0 Å². The Morgan fingerprint density at radius 3 is 3.15 bits per heavy atom. The van der Waals surface area contributed by atoms with Crippen LogP contribution in [0.3, 0.4) is 0 Å². The van der Waals surface area contributed by atoms with Crippen molar-refractivity contribution in [3.63, 3.8) is 0 Å². The maximum atomic E-state index is 12.6. The number of hydrogen-bond donors (Lipinski definition) is 2. The molecule has 1 atom stereocenters. The molecule has 2 aromatic rings. The van der Waals surface area contributed by atoms with Crippen molar-refractivity contribution in [2.24, 2.45) is 0 Å². The van der Waals surface area contributed by atoms with Gasteiger partial charge in [0.05, 0.1) is 23.8 Å². The van der Waals surface area contributed by atoms with Gasteiger partial charge in [0.25, 0.3) is 5.91 Å². The Kier molecular flexibility index (Phi) is 3.71. The lowest BCUT2D eigenvalue weighted by Gasteiger charge is -2.28. The summed E-state index contributed by atoms with van der Waals surface area (Å²) < 4.78 is 5.64. The van der Waals surface area contributed by atoms with Gasteiger partial charge in [-0.25, -0.2) is 0 Å². The largest absolute Gasteiger partial charge is 0.374 e. The first-order chi connectivity index (χ1) is 9.75. The van der Waals surface area contributed by atoms with Crippen LogP contribution >= 0.6 is 0 Å². The molecule has 1 unspecified atom stereocenters. The average molecular weight is 273 g/mol. The Morgan fingerprint density at radius 2 is 2.35 bits per heavy atom. The molecule has 1 aromatic carbocycles. The molecule has 0 spiro atoms. The zero-order valence-corrected chi connectivity index (χ0v) is 11.6. The molecular weight excluding hydrogens is 254 g/mol. The van der Waals surface area contributed by atoms with E-state index in [1.54, 1.807) is 4.90 Å². The van der Waals surface area contributed by atoms with Gasteiger partial charge in [-0.05, 0) is 12.1 Å². The number of carbonyl (C=O) groups is 1. The van der Waals surface area contributed by atoms with Gasteiger partial charge >= 0.3 is 0 Å². The lowest BCUT2D eigenvalue weighted by molar-refractivity contribution is 0.0104. The van der Waals surface area contributed by atoms with Gasteiger partial charge in [-0.2, -0.15) is 0 Å². The molecule has 1 aliphatic rings. The van der Waals surface area contributed by atoms with Gasteiger partial charge in [0.2, 0.25) is 0 Å². The molecule has 0 aliphatic carbocycles. The lowest BCUT2D eigenvalue weighted by Crippen LogP contribution is -2.45. The van der Waals surface area contributed by atoms with Crippen LogP contribution in [0.4, 0.5) is 0 Å². The Morgan fingerprint density at radius 1 is 1.45 bits per heavy atom. The molecule has 20 heavy (non-hydrogen) atoms. The molecule has 0 saturated carbocycles. The number of aromatic amines is 1. The SMILES string of the molecule is CN(CC1CNCCO1)C(=O)c1cccc2cc[nH]c12. The van der Waals surface area contributed by atoms with Crippen molar-refractivity contribution >= 4 is 16.8 Å². The van der Waals surface area contributed by atoms with E-state index in [-0.39, 0.29) is 12.0 Å². The second-order valence-electron chi connectivity index (χ2n) is 5.13. The molecule has 5 nitrogen and oxygen atoms in total. The van der Waals surface area contributed by atoms with Crippen LogP contribution in [0.25, 0.3) is 10.9 Å². The summed E-state index contributed by atoms with van der Waals surface area (Å²) in [6, 6.07) is 7.74. The minimum atomic E-state index is 0.0206. The molecule has 1 amide bonds. The summed E-state index contributed by atoms with van der Waals surface area (Å²) in [7, 11) is 1.82. The number of morpholine rings is 1. The van der Waals surface area contributed by atoms with E-state index in [9.17, 15) is 4.79 Å². The minimum absolute atomic E-state index is 0.0206. The van der Waals surface area contributed by atoms with E-state index in [0.717, 1.165) is 24.0 Å². The quantitative estimate of drug-likeness (QED) is 0.884. The zero-order chi connectivity index (χ0) is 13.9. The fraction of sp³-hybridized carbons (Fsp3) is 0.400. The highest BCUT2D eigenvalue weighted by molar-refractivity contribution is 6.05. The molecule has 1 saturated heterocycles. The van der Waals surface area contributed by atoms with Crippen molar-refractivity contribution in [3.8, 4) is 0 Å². The minimum Gasteiger partial charge on any atom is -0.374 e. The van der Waals surface area contributed by atoms with E-state index in [2.05, 4.69) is 10.3 Å². The predicted octanol–water partition coefficient (Wildman–Crippen LogP) is 1.23. The number of likely N-dealkylation sites (N-methyl/N-ethyl adjacent to an activating group) is 1. The summed E-state index contributed by atoms with van der Waals surface area (Å²) in [6.07, 6.45) is 1.93. The monoisotopic (exact) mass is 273 g/mol. The molecule has 1 aliphatic heterocycles. The van der Waals surface area contributed by atoms with Crippen molar-refractivity contribution in [2.75, 3.05) is 33.3 Å². The molecule has 1 aromatic heterocycles. The topological polar surface area (TPSA) is 57.4 Å². The predicted molar refractivity (Wildman–Crippen MR) is 77.9 cm³/mol. The first-order valence-electron chi connectivity index (χ1n) is 6.89. The van der Waals surface area contributed by atoms with Crippen LogP contribution in [0.1, 0.15) is 10.4 Å². The maximum absolute atomic E-state index is 12.6. The molecule has 106 valence electrons. The lowest BCUT2D eigenvalue weighted by atomic mass is 10.1. The zero-order valence-electron chi connectivity index (χ0n) is 11.6. The molecule has 2 heterocycles. The number of aromatic nitrogens is 1. The molecule has 2 N–H and O–H groups in total. The number of amides is 1. The Hall–Kier alpha value is -1.85. The number of nitrogens with one attached hydrogen (secondary N) is 2. The maximum Gasteiger partial charge on any atom is 0.255 e. The number of ether oxygens (including phenoxy) is 1. The number of benzene rings is 1. The highest BCUT2D eigenvalue weighted by atomic mass is 16.5. The van der Waals surface area contributed by atoms with Crippen LogP contribution in [-0.4, -0.2) is 55.2 Å². The van der Waals surface area contributed by atoms with Crippen LogP contribution in [0.5, 0.6) is 0 Å². The number of rotatable bonds is 3. The first kappa shape index (κ1) is 13.1. The average Bonchev–Trinajstić information content (AvgIpc) is 2.96. The van der Waals surface area contributed by atoms with Crippen molar-refractivity contribution in [2.45, 2.75) is 6.10 Å². The standard InChI is InChI=1S/C15H19N3O2/c1-18(10-12-9-16-7-8-20-12)15(19)13-4-2-3-11-5-6-17-14(11)13/h2-6,12,16-17H,7-10H2,1H3. The van der Waals surface area contributed by atoms with E-state index >= 15 is 0 Å². The summed E-state index contributed by atoms with van der Waals surface area (Å²) >= 11 is 0. The molecule has 3 rings (SSSR count). The molecule has 5 heteroatoms. The number of H-pyrrole nitrogens is 1. The van der Waals surface area contributed by atoms with Gasteiger partial charge in [-0.3, -0.25) is 4.79 Å². The Bertz CT molecular complexity index is 602. The normalized spacial score (nSPS) is 19.1. The second-order valence-corrected chi connectivity index (χ2v) is 5.13. The van der Waals surface area contributed by atoms with Crippen molar-refractivity contribution in [1.82, 2.24) is 15.2 Å². The van der Waals surface area contributed by atoms with E-state index in [4.69, 9.17) is 4.74 Å². The smallest absolute Gasteiger partial charge is 0.255 e. The van der Waals surface area contributed by atoms with Gasteiger partial charge in [0.15, 0.2) is 0 Å². The van der Waals surface area contributed by atoms with E-state index in [1.165, 1.54) is 0 Å². The van der Waals surface area contributed by atoms with E-state index in [1.807, 2.05) is 37.5 Å². The highest BCUT2D eigenvalue weighted by Crippen LogP contribution is 2.18. The fourth-order valence-corrected chi connectivity index (χ4v) is 2.59. The number of fused-ring (bicyclic) bond motifs is 1. The molecular formula is C15H19N3O2. The van der Waals surface area contributed by atoms with E-state index in [0.29, 0.717) is 18.7 Å². The number of carbonyl (C=O) groups excluding carboxylic acids is 1. The van der Waals surface area contributed by atoms with Crippen LogP contribution in [0.2, 0.25) is 0 Å². The highest BCUT2D eigenvalue weighted by Gasteiger charge is 2.20. The fourth-order valence-electron chi connectivity index (χ4n) is 2.59. The summed E-state index contributed by atoms with van der Waals surface area (Å²) in [5.74, 6) is 0.0206. The van der Waals surface area contributed by atoms with Crippen LogP contribution in [0.15, 0.2) is 30.5 Å². The third-order valence-corrected chi connectivity index (χ3v) is 3.65.